The molecule has 4 rings (SSSR count). The maximum Gasteiger partial charge on any atom is 0.318 e. The average Bonchev–Trinajstić information content (AvgIpc) is 3.61. The van der Waals surface area contributed by atoms with Crippen LogP contribution in [-0.4, -0.2) is 52.9 Å². The van der Waals surface area contributed by atoms with Crippen LogP contribution in [0.1, 0.15) is 28.3 Å². The Balaban J connectivity index is 1.80. The highest BCUT2D eigenvalue weighted by atomic mass is 32.1. The molecule has 0 spiro atoms. The SMILES string of the molecule is COC(=O)C1C(=O)C(C(=O)OC)C(c2cccs2)N(CCCn2ccnc2)C1c1cccs1. The Kier molecular flexibility index (Phi) is 7.36. The lowest BCUT2D eigenvalue weighted by atomic mass is 9.75. The zero-order chi connectivity index (χ0) is 23.4. The van der Waals surface area contributed by atoms with Crippen molar-refractivity contribution in [1.82, 2.24) is 14.5 Å². The summed E-state index contributed by atoms with van der Waals surface area (Å²) in [6.07, 6.45) is 6.10. The van der Waals surface area contributed by atoms with Crippen LogP contribution in [0.25, 0.3) is 0 Å². The van der Waals surface area contributed by atoms with Crippen molar-refractivity contribution >= 4 is 40.4 Å². The minimum Gasteiger partial charge on any atom is -0.468 e. The van der Waals surface area contributed by atoms with E-state index in [2.05, 4.69) is 9.88 Å². The number of likely N-dealkylation sites (tertiary alicyclic amines) is 1. The fraction of sp³-hybridized carbons (Fsp3) is 0.391. The number of imidazole rings is 1. The molecular weight excluding hydrogens is 462 g/mol. The molecule has 0 aromatic carbocycles. The maximum absolute atomic E-state index is 13.7. The third kappa shape index (κ3) is 4.64. The van der Waals surface area contributed by atoms with Gasteiger partial charge in [-0.05, 0) is 29.3 Å². The Hall–Kier alpha value is -2.82. The first-order chi connectivity index (χ1) is 16.1. The minimum absolute atomic E-state index is 0.462. The van der Waals surface area contributed by atoms with Crippen LogP contribution in [-0.2, 0) is 30.4 Å². The topological polar surface area (TPSA) is 90.7 Å². The number of thiophene rings is 2. The molecule has 0 aliphatic carbocycles. The molecule has 0 saturated carbocycles. The second-order valence-electron chi connectivity index (χ2n) is 7.72. The highest BCUT2D eigenvalue weighted by Crippen LogP contribution is 2.49. The van der Waals surface area contributed by atoms with Crippen molar-refractivity contribution in [3.8, 4) is 0 Å². The van der Waals surface area contributed by atoms with Crippen LogP contribution in [0.5, 0.6) is 0 Å². The number of piperidine rings is 1. The molecule has 1 aliphatic rings. The van der Waals surface area contributed by atoms with Gasteiger partial charge in [-0.3, -0.25) is 19.3 Å². The van der Waals surface area contributed by atoms with E-state index in [0.29, 0.717) is 13.1 Å². The van der Waals surface area contributed by atoms with Crippen LogP contribution >= 0.6 is 22.7 Å². The van der Waals surface area contributed by atoms with Gasteiger partial charge in [0.2, 0.25) is 0 Å². The van der Waals surface area contributed by atoms with Gasteiger partial charge in [-0.25, -0.2) is 4.98 Å². The second-order valence-corrected chi connectivity index (χ2v) is 9.67. The third-order valence-electron chi connectivity index (χ3n) is 5.93. The van der Waals surface area contributed by atoms with E-state index >= 15 is 0 Å². The number of methoxy groups -OCH3 is 2. The number of esters is 2. The van der Waals surface area contributed by atoms with Crippen molar-refractivity contribution in [1.29, 1.82) is 0 Å². The molecule has 0 N–H and O–H groups in total. The van der Waals surface area contributed by atoms with Crippen LogP contribution in [0.15, 0.2) is 53.7 Å². The van der Waals surface area contributed by atoms with Crippen molar-refractivity contribution < 1.29 is 23.9 Å². The minimum atomic E-state index is -1.12. The van der Waals surface area contributed by atoms with Crippen molar-refractivity contribution in [3.05, 3.63) is 63.5 Å². The Labute approximate surface area is 199 Å². The molecular formula is C23H25N3O5S2. The van der Waals surface area contributed by atoms with E-state index in [0.717, 1.165) is 16.2 Å². The molecule has 1 fully saturated rings. The fourth-order valence-corrected chi connectivity index (χ4v) is 6.28. The lowest BCUT2D eigenvalue weighted by Crippen LogP contribution is -2.55. The van der Waals surface area contributed by atoms with E-state index in [1.807, 2.05) is 45.8 Å². The third-order valence-corrected chi connectivity index (χ3v) is 7.82. The van der Waals surface area contributed by atoms with Crippen molar-refractivity contribution in [2.24, 2.45) is 11.8 Å². The van der Waals surface area contributed by atoms with E-state index in [9.17, 15) is 14.4 Å². The zero-order valence-electron chi connectivity index (χ0n) is 18.3. The van der Waals surface area contributed by atoms with Crippen LogP contribution < -0.4 is 0 Å². The summed E-state index contributed by atoms with van der Waals surface area (Å²) in [5.74, 6) is -3.99. The molecule has 0 bridgehead atoms. The van der Waals surface area contributed by atoms with Gasteiger partial charge in [0.1, 0.15) is 11.8 Å². The summed E-state index contributed by atoms with van der Waals surface area (Å²) >= 11 is 2.97. The van der Waals surface area contributed by atoms with Crippen molar-refractivity contribution in [3.63, 3.8) is 0 Å². The van der Waals surface area contributed by atoms with Crippen LogP contribution in [0.4, 0.5) is 0 Å². The molecule has 4 unspecified atom stereocenters. The standard InChI is InChI=1S/C23H25N3O5S2/c1-30-22(28)17-19(15-6-3-12-32-15)26(10-5-9-25-11-8-24-14-25)20(16-7-4-13-33-16)18(21(17)27)23(29)31-2/h3-4,6-8,11-14,17-20H,5,9-10H2,1-2H3. The van der Waals surface area contributed by atoms with E-state index in [-0.39, 0.29) is 0 Å². The summed E-state index contributed by atoms with van der Waals surface area (Å²) in [7, 11) is 2.53. The Bertz CT molecular complexity index is 1000. The molecule has 1 aliphatic heterocycles. The predicted molar refractivity (Wildman–Crippen MR) is 124 cm³/mol. The highest BCUT2D eigenvalue weighted by Gasteiger charge is 2.56. The molecule has 0 amide bonds. The average molecular weight is 488 g/mol. The number of aryl methyl sites for hydroxylation is 1. The van der Waals surface area contributed by atoms with Gasteiger partial charge in [-0.1, -0.05) is 12.1 Å². The quantitative estimate of drug-likeness (QED) is 0.356. The number of nitrogens with zero attached hydrogens (tertiary/aromatic N) is 3. The molecule has 8 nitrogen and oxygen atoms in total. The number of rotatable bonds is 8. The molecule has 3 aromatic heterocycles. The van der Waals surface area contributed by atoms with Gasteiger partial charge in [0, 0.05) is 35.2 Å². The molecule has 10 heteroatoms. The number of hydrogen-bond donors (Lipinski definition) is 0. The highest BCUT2D eigenvalue weighted by molar-refractivity contribution is 7.10. The van der Waals surface area contributed by atoms with Crippen LogP contribution in [0.3, 0.4) is 0 Å². The van der Waals surface area contributed by atoms with Crippen molar-refractivity contribution in [2.45, 2.75) is 25.0 Å². The second kappa shape index (κ2) is 10.4. The molecule has 3 aromatic rings. The van der Waals surface area contributed by atoms with Gasteiger partial charge in [0.05, 0.1) is 32.6 Å². The summed E-state index contributed by atoms with van der Waals surface area (Å²) in [6.45, 7) is 1.27. The van der Waals surface area contributed by atoms with Gasteiger partial charge in [0.15, 0.2) is 5.78 Å². The number of ketones is 1. The Morgan fingerprint density at radius 2 is 1.55 bits per heavy atom. The van der Waals surface area contributed by atoms with E-state index in [1.165, 1.54) is 36.9 Å². The molecule has 1 saturated heterocycles. The molecule has 33 heavy (non-hydrogen) atoms. The maximum atomic E-state index is 13.7. The first-order valence-electron chi connectivity index (χ1n) is 10.5. The number of ether oxygens (including phenoxy) is 2. The number of Topliss-reactive ketones (excluding diaryl/α,β-unsaturated/α-hetero) is 1. The van der Waals surface area contributed by atoms with Gasteiger partial charge in [0.25, 0.3) is 0 Å². The summed E-state index contributed by atoms with van der Waals surface area (Å²) in [6, 6.07) is 6.56. The summed E-state index contributed by atoms with van der Waals surface area (Å²) in [5, 5.41) is 3.84. The normalized spacial score (nSPS) is 23.4. The number of carbonyl (C=O) groups is 3. The van der Waals surface area contributed by atoms with Gasteiger partial charge in [-0.15, -0.1) is 22.7 Å². The summed E-state index contributed by atoms with van der Waals surface area (Å²) in [5.41, 5.74) is 0. The Morgan fingerprint density at radius 1 is 0.970 bits per heavy atom. The molecule has 174 valence electrons. The first kappa shape index (κ1) is 23.3. The summed E-state index contributed by atoms with van der Waals surface area (Å²) < 4.78 is 12.1. The van der Waals surface area contributed by atoms with E-state index in [4.69, 9.17) is 9.47 Å². The smallest absolute Gasteiger partial charge is 0.318 e. The van der Waals surface area contributed by atoms with E-state index < -0.39 is 41.6 Å². The monoisotopic (exact) mass is 487 g/mol. The van der Waals surface area contributed by atoms with Crippen molar-refractivity contribution in [2.75, 3.05) is 20.8 Å². The summed E-state index contributed by atoms with van der Waals surface area (Å²) in [4.78, 5) is 47.5. The fourth-order valence-electron chi connectivity index (χ4n) is 4.51. The number of carbonyl (C=O) groups excluding carboxylic acids is 3. The van der Waals surface area contributed by atoms with Crippen LogP contribution in [0.2, 0.25) is 0 Å². The van der Waals surface area contributed by atoms with E-state index in [1.54, 1.807) is 12.5 Å². The van der Waals surface area contributed by atoms with Gasteiger partial charge >= 0.3 is 11.9 Å². The van der Waals surface area contributed by atoms with Crippen LogP contribution in [0, 0.1) is 11.8 Å². The Morgan fingerprint density at radius 3 is 1.97 bits per heavy atom. The number of aromatic nitrogens is 2. The lowest BCUT2D eigenvalue weighted by molar-refractivity contribution is -0.168. The predicted octanol–water partition coefficient (Wildman–Crippen LogP) is 3.34. The number of hydrogen-bond acceptors (Lipinski definition) is 9. The zero-order valence-corrected chi connectivity index (χ0v) is 20.0. The molecule has 4 atom stereocenters. The first-order valence-corrected chi connectivity index (χ1v) is 12.3. The van der Waals surface area contributed by atoms with Gasteiger partial charge in [-0.2, -0.15) is 0 Å². The van der Waals surface area contributed by atoms with Gasteiger partial charge < -0.3 is 14.0 Å². The largest absolute Gasteiger partial charge is 0.468 e. The molecule has 4 heterocycles. The molecule has 0 radical (unpaired) electrons. The lowest BCUT2D eigenvalue weighted by Gasteiger charge is -2.46.